The Balaban J connectivity index is 2.51. The minimum absolute atomic E-state index is 0.195. The van der Waals surface area contributed by atoms with Gasteiger partial charge in [0.1, 0.15) is 5.75 Å². The molecule has 0 saturated heterocycles. The molecule has 1 aliphatic rings. The first-order chi connectivity index (χ1) is 7.58. The van der Waals surface area contributed by atoms with Gasteiger partial charge in [0.2, 0.25) is 0 Å². The monoisotopic (exact) mass is 220 g/mol. The van der Waals surface area contributed by atoms with Crippen LogP contribution in [0.2, 0.25) is 0 Å². The summed E-state index contributed by atoms with van der Waals surface area (Å²) in [5, 5.41) is 9.44. The van der Waals surface area contributed by atoms with Crippen molar-refractivity contribution in [2.45, 2.75) is 31.6 Å². The quantitative estimate of drug-likeness (QED) is 0.738. The van der Waals surface area contributed by atoms with E-state index in [-0.39, 0.29) is 11.7 Å². The average Bonchev–Trinajstić information content (AvgIpc) is 2.27. The third kappa shape index (κ3) is 1.56. The number of hydrogen-bond donors (Lipinski definition) is 1. The maximum Gasteiger partial charge on any atom is 0.316 e. The summed E-state index contributed by atoms with van der Waals surface area (Å²) >= 11 is 0. The molecule has 1 atom stereocenters. The van der Waals surface area contributed by atoms with Crippen molar-refractivity contribution in [2.75, 3.05) is 7.11 Å². The fourth-order valence-corrected chi connectivity index (χ4v) is 2.53. The largest absolute Gasteiger partial charge is 0.508 e. The lowest BCUT2D eigenvalue weighted by Crippen LogP contribution is -2.37. The van der Waals surface area contributed by atoms with Crippen LogP contribution in [0, 0.1) is 0 Å². The van der Waals surface area contributed by atoms with Crippen LogP contribution >= 0.6 is 0 Å². The van der Waals surface area contributed by atoms with Crippen LogP contribution in [0.5, 0.6) is 5.75 Å². The van der Waals surface area contributed by atoms with Gasteiger partial charge in [0.25, 0.3) is 0 Å². The standard InChI is InChI=1S/C13H16O3/c1-13(12(15)16-2)7-3-4-9-8-10(14)5-6-11(9)13/h5-6,8,14H,3-4,7H2,1-2H3. The zero-order chi connectivity index (χ0) is 11.8. The molecule has 0 amide bonds. The molecule has 0 spiro atoms. The highest BCUT2D eigenvalue weighted by molar-refractivity contribution is 5.83. The highest BCUT2D eigenvalue weighted by Gasteiger charge is 2.39. The Labute approximate surface area is 95.0 Å². The summed E-state index contributed by atoms with van der Waals surface area (Å²) in [5.74, 6) is 0.0620. The first kappa shape index (κ1) is 11.0. The third-order valence-corrected chi connectivity index (χ3v) is 3.44. The first-order valence-corrected chi connectivity index (χ1v) is 5.49. The van der Waals surface area contributed by atoms with E-state index >= 15 is 0 Å². The molecule has 0 radical (unpaired) electrons. The van der Waals surface area contributed by atoms with Crippen molar-refractivity contribution in [1.82, 2.24) is 0 Å². The third-order valence-electron chi connectivity index (χ3n) is 3.44. The summed E-state index contributed by atoms with van der Waals surface area (Å²) in [4.78, 5) is 11.9. The summed E-state index contributed by atoms with van der Waals surface area (Å²) in [6.45, 7) is 1.91. The van der Waals surface area contributed by atoms with Gasteiger partial charge >= 0.3 is 5.97 Å². The maximum absolute atomic E-state index is 11.9. The number of phenolic OH excluding ortho intramolecular Hbond substituents is 1. The minimum Gasteiger partial charge on any atom is -0.508 e. The van der Waals surface area contributed by atoms with E-state index in [1.165, 1.54) is 7.11 Å². The number of carbonyl (C=O) groups is 1. The lowest BCUT2D eigenvalue weighted by atomic mass is 9.71. The molecule has 3 nitrogen and oxygen atoms in total. The van der Waals surface area contributed by atoms with Crippen molar-refractivity contribution in [1.29, 1.82) is 0 Å². The van der Waals surface area contributed by atoms with Gasteiger partial charge in [-0.05, 0) is 49.4 Å². The van der Waals surface area contributed by atoms with Crippen LogP contribution < -0.4 is 0 Å². The Kier molecular flexibility index (Phi) is 2.62. The van der Waals surface area contributed by atoms with Crippen molar-refractivity contribution >= 4 is 5.97 Å². The molecule has 86 valence electrons. The van der Waals surface area contributed by atoms with Crippen LogP contribution in [0.25, 0.3) is 0 Å². The van der Waals surface area contributed by atoms with Crippen molar-refractivity contribution in [2.24, 2.45) is 0 Å². The summed E-state index contributed by atoms with van der Waals surface area (Å²) in [7, 11) is 1.42. The molecule has 1 aliphatic carbocycles. The van der Waals surface area contributed by atoms with E-state index in [0.29, 0.717) is 0 Å². The summed E-state index contributed by atoms with van der Waals surface area (Å²) in [5.41, 5.74) is 1.48. The SMILES string of the molecule is COC(=O)C1(C)CCCc2cc(O)ccc21. The number of ether oxygens (including phenoxy) is 1. The predicted molar refractivity (Wildman–Crippen MR) is 60.4 cm³/mol. The maximum atomic E-state index is 11.9. The molecule has 16 heavy (non-hydrogen) atoms. The average molecular weight is 220 g/mol. The number of fused-ring (bicyclic) bond motifs is 1. The molecular weight excluding hydrogens is 204 g/mol. The van der Waals surface area contributed by atoms with Gasteiger partial charge in [0.05, 0.1) is 12.5 Å². The molecular formula is C13H16O3. The Morgan fingerprint density at radius 2 is 2.25 bits per heavy atom. The lowest BCUT2D eigenvalue weighted by molar-refractivity contribution is -0.147. The van der Waals surface area contributed by atoms with E-state index in [1.807, 2.05) is 13.0 Å². The molecule has 1 aromatic rings. The fourth-order valence-electron chi connectivity index (χ4n) is 2.53. The van der Waals surface area contributed by atoms with E-state index in [4.69, 9.17) is 4.74 Å². The molecule has 0 bridgehead atoms. The normalized spacial score (nSPS) is 23.6. The summed E-state index contributed by atoms with van der Waals surface area (Å²) in [6, 6.07) is 5.21. The molecule has 0 aromatic heterocycles. The number of rotatable bonds is 1. The smallest absolute Gasteiger partial charge is 0.316 e. The van der Waals surface area contributed by atoms with E-state index in [0.717, 1.165) is 30.4 Å². The highest BCUT2D eigenvalue weighted by atomic mass is 16.5. The topological polar surface area (TPSA) is 46.5 Å². The predicted octanol–water partition coefficient (Wildman–Crippen LogP) is 2.16. The van der Waals surface area contributed by atoms with Crippen LogP contribution in [0.1, 0.15) is 30.9 Å². The molecule has 2 rings (SSSR count). The van der Waals surface area contributed by atoms with Gasteiger partial charge in [-0.3, -0.25) is 4.79 Å². The van der Waals surface area contributed by atoms with Gasteiger partial charge in [-0.1, -0.05) is 6.07 Å². The van der Waals surface area contributed by atoms with Gasteiger partial charge in [-0.2, -0.15) is 0 Å². The molecule has 1 N–H and O–H groups in total. The van der Waals surface area contributed by atoms with E-state index < -0.39 is 5.41 Å². The second kappa shape index (κ2) is 3.81. The molecule has 0 aliphatic heterocycles. The second-order valence-corrected chi connectivity index (χ2v) is 4.52. The first-order valence-electron chi connectivity index (χ1n) is 5.49. The van der Waals surface area contributed by atoms with Gasteiger partial charge in [-0.25, -0.2) is 0 Å². The fraction of sp³-hybridized carbons (Fsp3) is 0.462. The molecule has 1 aromatic carbocycles. The number of methoxy groups -OCH3 is 1. The number of phenols is 1. The number of benzene rings is 1. The minimum atomic E-state index is -0.559. The van der Waals surface area contributed by atoms with Gasteiger partial charge in [0, 0.05) is 0 Å². The number of carbonyl (C=O) groups excluding carboxylic acids is 1. The van der Waals surface area contributed by atoms with Crippen LogP contribution in [-0.4, -0.2) is 18.2 Å². The Morgan fingerprint density at radius 1 is 1.50 bits per heavy atom. The Bertz CT molecular complexity index is 425. The lowest BCUT2D eigenvalue weighted by Gasteiger charge is -2.33. The number of hydrogen-bond acceptors (Lipinski definition) is 3. The van der Waals surface area contributed by atoms with E-state index in [1.54, 1.807) is 12.1 Å². The Morgan fingerprint density at radius 3 is 2.94 bits per heavy atom. The summed E-state index contributed by atoms with van der Waals surface area (Å²) in [6.07, 6.45) is 2.66. The molecule has 0 heterocycles. The van der Waals surface area contributed by atoms with Crippen molar-refractivity contribution in [3.05, 3.63) is 29.3 Å². The van der Waals surface area contributed by atoms with E-state index in [9.17, 15) is 9.90 Å². The summed E-state index contributed by atoms with van der Waals surface area (Å²) < 4.78 is 4.88. The number of esters is 1. The second-order valence-electron chi connectivity index (χ2n) is 4.52. The number of aromatic hydroxyl groups is 1. The highest BCUT2D eigenvalue weighted by Crippen LogP contribution is 2.39. The zero-order valence-corrected chi connectivity index (χ0v) is 9.62. The molecule has 0 saturated carbocycles. The van der Waals surface area contributed by atoms with Gasteiger partial charge < -0.3 is 9.84 Å². The van der Waals surface area contributed by atoms with Crippen molar-refractivity contribution in [3.63, 3.8) is 0 Å². The molecule has 3 heteroatoms. The van der Waals surface area contributed by atoms with Crippen LogP contribution in [0.4, 0.5) is 0 Å². The van der Waals surface area contributed by atoms with E-state index in [2.05, 4.69) is 0 Å². The molecule has 1 unspecified atom stereocenters. The number of aryl methyl sites for hydroxylation is 1. The van der Waals surface area contributed by atoms with Gasteiger partial charge in [-0.15, -0.1) is 0 Å². The van der Waals surface area contributed by atoms with Gasteiger partial charge in [0.15, 0.2) is 0 Å². The van der Waals surface area contributed by atoms with Crippen LogP contribution in [0.15, 0.2) is 18.2 Å². The van der Waals surface area contributed by atoms with Crippen LogP contribution in [-0.2, 0) is 21.4 Å². The van der Waals surface area contributed by atoms with Crippen molar-refractivity contribution < 1.29 is 14.6 Å². The zero-order valence-electron chi connectivity index (χ0n) is 9.62. The Hall–Kier alpha value is -1.51. The molecule has 0 fully saturated rings. The van der Waals surface area contributed by atoms with Crippen molar-refractivity contribution in [3.8, 4) is 5.75 Å². The van der Waals surface area contributed by atoms with Crippen LogP contribution in [0.3, 0.4) is 0 Å².